The molecule has 2 N–H and O–H groups in total. The Balaban J connectivity index is 1.74. The Hall–Kier alpha value is -4.03. The smallest absolute Gasteiger partial charge is 0.422 e. The van der Waals surface area contributed by atoms with Gasteiger partial charge in [-0.2, -0.15) is 26.3 Å². The summed E-state index contributed by atoms with van der Waals surface area (Å²) in [5, 5.41) is 5.23. The molecule has 2 aromatic carbocycles. The fourth-order valence-corrected chi connectivity index (χ4v) is 2.83. The number of hydrogen-bond acceptors (Lipinski definition) is 6. The number of anilines is 2. The summed E-state index contributed by atoms with van der Waals surface area (Å²) in [7, 11) is 1.29. The first kappa shape index (κ1) is 25.6. The maximum atomic E-state index is 12.5. The number of halogens is 6. The first-order chi connectivity index (χ1) is 16.4. The highest BCUT2D eigenvalue weighted by Crippen LogP contribution is 2.35. The molecule has 3 rings (SSSR count). The molecule has 1 aromatic heterocycles. The number of methoxy groups -OCH3 is 1. The highest BCUT2D eigenvalue weighted by atomic mass is 19.4. The summed E-state index contributed by atoms with van der Waals surface area (Å²) >= 11 is 0. The average Bonchev–Trinajstić information content (AvgIpc) is 2.79. The van der Waals surface area contributed by atoms with Crippen LogP contribution >= 0.6 is 0 Å². The Morgan fingerprint density at radius 1 is 1.00 bits per heavy atom. The summed E-state index contributed by atoms with van der Waals surface area (Å²) in [5.41, 5.74) is 1.43. The van der Waals surface area contributed by atoms with Crippen LogP contribution in [0.15, 0.2) is 48.8 Å². The van der Waals surface area contributed by atoms with Crippen molar-refractivity contribution < 1.29 is 40.6 Å². The van der Waals surface area contributed by atoms with Crippen molar-refractivity contribution in [3.05, 3.63) is 54.4 Å². The number of amides is 1. The van der Waals surface area contributed by atoms with E-state index < -0.39 is 31.4 Å². The largest absolute Gasteiger partial charge is 0.493 e. The van der Waals surface area contributed by atoms with Gasteiger partial charge in [-0.05, 0) is 29.8 Å². The van der Waals surface area contributed by atoms with E-state index in [9.17, 15) is 31.1 Å². The van der Waals surface area contributed by atoms with E-state index in [0.717, 1.165) is 6.08 Å². The van der Waals surface area contributed by atoms with Crippen LogP contribution in [-0.4, -0.2) is 48.5 Å². The van der Waals surface area contributed by atoms with Crippen LogP contribution in [0.4, 0.5) is 37.8 Å². The summed E-state index contributed by atoms with van der Waals surface area (Å²) in [6.45, 7) is -2.91. The minimum Gasteiger partial charge on any atom is -0.493 e. The van der Waals surface area contributed by atoms with Crippen molar-refractivity contribution >= 4 is 34.4 Å². The molecular weight excluding hydrogens is 482 g/mol. The number of carbonyl (C=O) groups excluding carboxylic acids is 1. The molecule has 0 fully saturated rings. The SMILES string of the molecule is COc1cc2c(Nc3ccc(/C=C/C(=O)NCC(F)(F)F)cc3)ncnc2cc1OCC(F)(F)F. The van der Waals surface area contributed by atoms with E-state index >= 15 is 0 Å². The van der Waals surface area contributed by atoms with Crippen LogP contribution in [0.3, 0.4) is 0 Å². The zero-order valence-corrected chi connectivity index (χ0v) is 18.0. The number of fused-ring (bicyclic) bond motifs is 1. The molecule has 0 unspecified atom stereocenters. The lowest BCUT2D eigenvalue weighted by Gasteiger charge is -2.14. The Labute approximate surface area is 194 Å². The minimum atomic E-state index is -4.52. The molecule has 186 valence electrons. The van der Waals surface area contributed by atoms with Gasteiger partial charge < -0.3 is 20.1 Å². The Kier molecular flexibility index (Phi) is 7.67. The standard InChI is InChI=1S/C22H18F6N4O3/c1-34-17-8-15-16(9-18(17)35-11-22(26,27)28)30-12-31-20(15)32-14-5-2-13(3-6-14)4-7-19(33)29-10-21(23,24)25/h2-9,12H,10-11H2,1H3,(H,29,33)(H,30,31,32)/b7-4+. The molecule has 0 radical (unpaired) electrons. The highest BCUT2D eigenvalue weighted by Gasteiger charge is 2.29. The van der Waals surface area contributed by atoms with Gasteiger partial charge in [0.1, 0.15) is 18.7 Å². The van der Waals surface area contributed by atoms with Crippen LogP contribution in [0.25, 0.3) is 17.0 Å². The topological polar surface area (TPSA) is 85.4 Å². The number of hydrogen-bond donors (Lipinski definition) is 2. The second-order valence-electron chi connectivity index (χ2n) is 7.06. The van der Waals surface area contributed by atoms with Crippen molar-refractivity contribution in [2.24, 2.45) is 0 Å². The van der Waals surface area contributed by atoms with Gasteiger partial charge in [-0.3, -0.25) is 4.79 Å². The summed E-state index contributed by atoms with van der Waals surface area (Å²) < 4.78 is 83.9. The van der Waals surface area contributed by atoms with Crippen LogP contribution < -0.4 is 20.1 Å². The van der Waals surface area contributed by atoms with Gasteiger partial charge in [0.25, 0.3) is 0 Å². The molecule has 0 bridgehead atoms. The number of nitrogens with one attached hydrogen (secondary N) is 2. The van der Waals surface area contributed by atoms with Gasteiger partial charge in [-0.1, -0.05) is 12.1 Å². The van der Waals surface area contributed by atoms with Crippen molar-refractivity contribution in [1.29, 1.82) is 0 Å². The van der Waals surface area contributed by atoms with Gasteiger partial charge in [-0.15, -0.1) is 0 Å². The van der Waals surface area contributed by atoms with E-state index in [0.29, 0.717) is 28.0 Å². The third kappa shape index (κ3) is 7.76. The minimum absolute atomic E-state index is 0.0592. The second-order valence-corrected chi connectivity index (χ2v) is 7.06. The van der Waals surface area contributed by atoms with Gasteiger partial charge in [0.15, 0.2) is 18.1 Å². The molecular formula is C22H18F6N4O3. The molecule has 0 atom stereocenters. The van der Waals surface area contributed by atoms with Crippen LogP contribution in [0.5, 0.6) is 11.5 Å². The van der Waals surface area contributed by atoms with Gasteiger partial charge in [0.05, 0.1) is 12.6 Å². The maximum Gasteiger partial charge on any atom is 0.422 e. The zero-order valence-electron chi connectivity index (χ0n) is 18.0. The number of aromatic nitrogens is 2. The molecule has 0 spiro atoms. The Morgan fingerprint density at radius 3 is 2.34 bits per heavy atom. The van der Waals surface area contributed by atoms with E-state index in [2.05, 4.69) is 15.3 Å². The lowest BCUT2D eigenvalue weighted by Crippen LogP contribution is -2.32. The summed E-state index contributed by atoms with van der Waals surface area (Å²) in [5.74, 6) is -0.615. The zero-order chi connectivity index (χ0) is 25.6. The highest BCUT2D eigenvalue weighted by molar-refractivity contribution is 5.93. The number of ether oxygens (including phenoxy) is 2. The molecule has 0 saturated heterocycles. The van der Waals surface area contributed by atoms with Crippen LogP contribution in [0.2, 0.25) is 0 Å². The summed E-state index contributed by atoms with van der Waals surface area (Å²) in [4.78, 5) is 19.7. The van der Waals surface area contributed by atoms with Gasteiger partial charge in [0.2, 0.25) is 5.91 Å². The fourth-order valence-electron chi connectivity index (χ4n) is 2.83. The first-order valence-electron chi connectivity index (χ1n) is 9.85. The predicted octanol–water partition coefficient (Wildman–Crippen LogP) is 5.01. The van der Waals surface area contributed by atoms with E-state index in [-0.39, 0.29) is 11.5 Å². The van der Waals surface area contributed by atoms with E-state index in [1.807, 2.05) is 0 Å². The van der Waals surface area contributed by atoms with Gasteiger partial charge in [-0.25, -0.2) is 9.97 Å². The van der Waals surface area contributed by atoms with E-state index in [1.54, 1.807) is 29.6 Å². The molecule has 0 aliphatic rings. The normalized spacial score (nSPS) is 12.1. The number of carbonyl (C=O) groups is 1. The Bertz CT molecular complexity index is 1210. The second kappa shape index (κ2) is 10.5. The van der Waals surface area contributed by atoms with Crippen LogP contribution in [0, 0.1) is 0 Å². The molecule has 0 saturated carbocycles. The van der Waals surface area contributed by atoms with E-state index in [4.69, 9.17) is 9.47 Å². The average molecular weight is 500 g/mol. The molecule has 35 heavy (non-hydrogen) atoms. The molecule has 0 aliphatic carbocycles. The number of nitrogens with zero attached hydrogens (tertiary/aromatic N) is 2. The summed E-state index contributed by atoms with van der Waals surface area (Å²) in [6, 6.07) is 9.26. The fraction of sp³-hybridized carbons (Fsp3) is 0.227. The number of alkyl halides is 6. The molecule has 7 nitrogen and oxygen atoms in total. The number of rotatable bonds is 8. The van der Waals surface area contributed by atoms with Crippen molar-refractivity contribution in [2.45, 2.75) is 12.4 Å². The Morgan fingerprint density at radius 2 is 1.71 bits per heavy atom. The van der Waals surface area contributed by atoms with Crippen molar-refractivity contribution in [1.82, 2.24) is 15.3 Å². The maximum absolute atomic E-state index is 12.5. The lowest BCUT2D eigenvalue weighted by atomic mass is 10.1. The molecule has 1 amide bonds. The van der Waals surface area contributed by atoms with Gasteiger partial charge >= 0.3 is 12.4 Å². The monoisotopic (exact) mass is 500 g/mol. The quantitative estimate of drug-likeness (QED) is 0.334. The first-order valence-corrected chi connectivity index (χ1v) is 9.85. The van der Waals surface area contributed by atoms with Crippen LogP contribution in [-0.2, 0) is 4.79 Å². The number of benzene rings is 2. The summed E-state index contributed by atoms with van der Waals surface area (Å²) in [6.07, 6.45) is -5.46. The van der Waals surface area contributed by atoms with Crippen molar-refractivity contribution in [3.8, 4) is 11.5 Å². The molecule has 1 heterocycles. The molecule has 3 aromatic rings. The lowest BCUT2D eigenvalue weighted by molar-refractivity contribution is -0.153. The van der Waals surface area contributed by atoms with Gasteiger partial charge in [0, 0.05) is 23.2 Å². The predicted molar refractivity (Wildman–Crippen MR) is 115 cm³/mol. The van der Waals surface area contributed by atoms with Crippen molar-refractivity contribution in [2.75, 3.05) is 25.6 Å². The van der Waals surface area contributed by atoms with E-state index in [1.165, 1.54) is 31.6 Å². The molecule has 0 aliphatic heterocycles. The third-order valence-corrected chi connectivity index (χ3v) is 4.38. The van der Waals surface area contributed by atoms with Crippen LogP contribution in [0.1, 0.15) is 5.56 Å². The van der Waals surface area contributed by atoms with Crippen molar-refractivity contribution in [3.63, 3.8) is 0 Å². The molecule has 13 heteroatoms. The third-order valence-electron chi connectivity index (χ3n) is 4.38.